The van der Waals surface area contributed by atoms with Crippen molar-refractivity contribution in [2.75, 3.05) is 17.2 Å². The predicted molar refractivity (Wildman–Crippen MR) is 117 cm³/mol. The van der Waals surface area contributed by atoms with Gasteiger partial charge >= 0.3 is 5.97 Å². The van der Waals surface area contributed by atoms with Gasteiger partial charge in [0.15, 0.2) is 6.61 Å². The molecule has 0 saturated carbocycles. The summed E-state index contributed by atoms with van der Waals surface area (Å²) >= 11 is 6.16. The maximum Gasteiger partial charge on any atom is 0.335 e. The van der Waals surface area contributed by atoms with Gasteiger partial charge in [-0.1, -0.05) is 47.5 Å². The van der Waals surface area contributed by atoms with Crippen molar-refractivity contribution < 1.29 is 19.4 Å². The van der Waals surface area contributed by atoms with Crippen LogP contribution in [0.5, 0.6) is 5.75 Å². The first-order chi connectivity index (χ1) is 14.4. The SMILES string of the molecule is Cc1ccc(NC(=O)COc2ccccc2CNc2cc(C(=O)O)ccc2Cl)cc1. The third-order valence-electron chi connectivity index (χ3n) is 4.35. The van der Waals surface area contributed by atoms with Gasteiger partial charge in [-0.3, -0.25) is 4.79 Å². The quantitative estimate of drug-likeness (QED) is 0.475. The molecule has 3 aromatic rings. The lowest BCUT2D eigenvalue weighted by Gasteiger charge is -2.14. The van der Waals surface area contributed by atoms with Gasteiger partial charge in [0.2, 0.25) is 0 Å². The molecule has 0 aliphatic rings. The number of para-hydroxylation sites is 1. The fourth-order valence-corrected chi connectivity index (χ4v) is 2.94. The molecule has 0 spiro atoms. The summed E-state index contributed by atoms with van der Waals surface area (Å²) in [5.41, 5.74) is 3.26. The van der Waals surface area contributed by atoms with Crippen LogP contribution in [0.2, 0.25) is 5.02 Å². The van der Waals surface area contributed by atoms with Crippen LogP contribution in [0.15, 0.2) is 66.7 Å². The third kappa shape index (κ3) is 5.75. The molecule has 154 valence electrons. The molecule has 0 aliphatic heterocycles. The van der Waals surface area contributed by atoms with E-state index in [1.165, 1.54) is 18.2 Å². The van der Waals surface area contributed by atoms with Crippen LogP contribution in [0.3, 0.4) is 0 Å². The van der Waals surface area contributed by atoms with E-state index in [1.807, 2.05) is 49.4 Å². The number of amides is 1. The molecular weight excluding hydrogens is 404 g/mol. The van der Waals surface area contributed by atoms with E-state index in [-0.39, 0.29) is 18.1 Å². The summed E-state index contributed by atoms with van der Waals surface area (Å²) < 4.78 is 5.70. The number of aromatic carboxylic acids is 1. The van der Waals surface area contributed by atoms with E-state index in [4.69, 9.17) is 21.4 Å². The van der Waals surface area contributed by atoms with Gasteiger partial charge in [-0.2, -0.15) is 0 Å². The molecule has 0 radical (unpaired) electrons. The molecule has 6 nitrogen and oxygen atoms in total. The van der Waals surface area contributed by atoms with Crippen LogP contribution in [0.1, 0.15) is 21.5 Å². The molecule has 3 N–H and O–H groups in total. The molecule has 0 heterocycles. The molecule has 30 heavy (non-hydrogen) atoms. The molecule has 3 rings (SSSR count). The number of carboxylic acid groups (broad SMARTS) is 1. The number of nitrogens with one attached hydrogen (secondary N) is 2. The van der Waals surface area contributed by atoms with Crippen molar-refractivity contribution in [3.05, 3.63) is 88.4 Å². The third-order valence-corrected chi connectivity index (χ3v) is 4.68. The van der Waals surface area contributed by atoms with Gasteiger partial charge in [-0.25, -0.2) is 4.79 Å². The summed E-state index contributed by atoms with van der Waals surface area (Å²) in [5, 5.41) is 15.5. The second-order valence-electron chi connectivity index (χ2n) is 6.66. The fourth-order valence-electron chi connectivity index (χ4n) is 2.75. The van der Waals surface area contributed by atoms with Crippen molar-refractivity contribution in [3.8, 4) is 5.75 Å². The van der Waals surface area contributed by atoms with Gasteiger partial charge in [-0.05, 0) is 43.3 Å². The van der Waals surface area contributed by atoms with Crippen molar-refractivity contribution in [2.24, 2.45) is 0 Å². The van der Waals surface area contributed by atoms with Gasteiger partial charge in [0.1, 0.15) is 5.75 Å². The van der Waals surface area contributed by atoms with Gasteiger partial charge in [0.25, 0.3) is 5.91 Å². The average molecular weight is 425 g/mol. The zero-order valence-corrected chi connectivity index (χ0v) is 17.1. The van der Waals surface area contributed by atoms with Gasteiger partial charge in [-0.15, -0.1) is 0 Å². The second-order valence-corrected chi connectivity index (χ2v) is 7.07. The lowest BCUT2D eigenvalue weighted by Crippen LogP contribution is -2.20. The molecular formula is C23H21ClN2O4. The van der Waals surface area contributed by atoms with E-state index in [0.29, 0.717) is 28.7 Å². The Hall–Kier alpha value is -3.51. The standard InChI is InChI=1S/C23H21ClN2O4/c1-15-6-9-18(10-7-15)26-22(27)14-30-21-5-3-2-4-17(21)13-25-20-12-16(23(28)29)8-11-19(20)24/h2-12,25H,13-14H2,1H3,(H,26,27)(H,28,29). The molecule has 0 bridgehead atoms. The van der Waals surface area contributed by atoms with Crippen LogP contribution in [0.25, 0.3) is 0 Å². The van der Waals surface area contributed by atoms with E-state index in [2.05, 4.69) is 10.6 Å². The molecule has 0 fully saturated rings. The number of carbonyl (C=O) groups excluding carboxylic acids is 1. The number of aryl methyl sites for hydroxylation is 1. The Morgan fingerprint density at radius 1 is 1.03 bits per heavy atom. The first-order valence-corrected chi connectivity index (χ1v) is 9.64. The fraction of sp³-hybridized carbons (Fsp3) is 0.130. The van der Waals surface area contributed by atoms with Crippen molar-refractivity contribution in [1.82, 2.24) is 0 Å². The Morgan fingerprint density at radius 2 is 1.77 bits per heavy atom. The highest BCUT2D eigenvalue weighted by Gasteiger charge is 2.10. The van der Waals surface area contributed by atoms with Crippen LogP contribution in [0, 0.1) is 6.92 Å². The number of halogens is 1. The van der Waals surface area contributed by atoms with Crippen LogP contribution < -0.4 is 15.4 Å². The van der Waals surface area contributed by atoms with Gasteiger partial charge in [0, 0.05) is 17.8 Å². The lowest BCUT2D eigenvalue weighted by atomic mass is 10.1. The summed E-state index contributed by atoms with van der Waals surface area (Å²) in [5.74, 6) is -0.744. The molecule has 0 aromatic heterocycles. The number of hydrogen-bond acceptors (Lipinski definition) is 4. The van der Waals surface area contributed by atoms with Crippen LogP contribution >= 0.6 is 11.6 Å². The molecule has 0 unspecified atom stereocenters. The van der Waals surface area contributed by atoms with Gasteiger partial charge < -0.3 is 20.5 Å². The van der Waals surface area contributed by atoms with E-state index in [9.17, 15) is 9.59 Å². The van der Waals surface area contributed by atoms with E-state index >= 15 is 0 Å². The Kier molecular flexibility index (Phi) is 6.93. The number of ether oxygens (including phenoxy) is 1. The Bertz CT molecular complexity index is 1050. The molecule has 0 aliphatic carbocycles. The number of hydrogen-bond donors (Lipinski definition) is 3. The minimum absolute atomic E-state index is 0.138. The molecule has 0 saturated heterocycles. The Balaban J connectivity index is 1.62. The van der Waals surface area contributed by atoms with Crippen molar-refractivity contribution >= 4 is 34.9 Å². The van der Waals surface area contributed by atoms with E-state index < -0.39 is 5.97 Å². The second kappa shape index (κ2) is 9.80. The van der Waals surface area contributed by atoms with Crippen LogP contribution in [-0.2, 0) is 11.3 Å². The number of benzene rings is 3. The Labute approximate surface area is 179 Å². The summed E-state index contributed by atoms with van der Waals surface area (Å²) in [6.45, 7) is 2.18. The normalized spacial score (nSPS) is 10.3. The van der Waals surface area contributed by atoms with E-state index in [0.717, 1.165) is 11.1 Å². The largest absolute Gasteiger partial charge is 0.483 e. The molecule has 3 aromatic carbocycles. The first kappa shape index (κ1) is 21.2. The molecule has 7 heteroatoms. The van der Waals surface area contributed by atoms with E-state index in [1.54, 1.807) is 6.07 Å². The predicted octanol–water partition coefficient (Wildman–Crippen LogP) is 4.98. The topological polar surface area (TPSA) is 87.7 Å². The summed E-state index contributed by atoms with van der Waals surface area (Å²) in [6, 6.07) is 19.2. The number of carbonyl (C=O) groups is 2. The number of carboxylic acids is 1. The molecule has 1 amide bonds. The van der Waals surface area contributed by atoms with Crippen LogP contribution in [-0.4, -0.2) is 23.6 Å². The highest BCUT2D eigenvalue weighted by molar-refractivity contribution is 6.33. The summed E-state index contributed by atoms with van der Waals surface area (Å²) in [6.07, 6.45) is 0. The summed E-state index contributed by atoms with van der Waals surface area (Å²) in [7, 11) is 0. The Morgan fingerprint density at radius 3 is 2.50 bits per heavy atom. The highest BCUT2D eigenvalue weighted by Crippen LogP contribution is 2.25. The number of anilines is 2. The summed E-state index contributed by atoms with van der Waals surface area (Å²) in [4.78, 5) is 23.3. The minimum Gasteiger partial charge on any atom is -0.483 e. The number of rotatable bonds is 8. The maximum atomic E-state index is 12.2. The zero-order valence-electron chi connectivity index (χ0n) is 16.3. The monoisotopic (exact) mass is 424 g/mol. The van der Waals surface area contributed by atoms with Gasteiger partial charge in [0.05, 0.1) is 16.3 Å². The maximum absolute atomic E-state index is 12.2. The van der Waals surface area contributed by atoms with Crippen molar-refractivity contribution in [3.63, 3.8) is 0 Å². The van der Waals surface area contributed by atoms with Crippen molar-refractivity contribution in [2.45, 2.75) is 13.5 Å². The molecule has 0 atom stereocenters. The average Bonchev–Trinajstić information content (AvgIpc) is 2.73. The highest BCUT2D eigenvalue weighted by atomic mass is 35.5. The lowest BCUT2D eigenvalue weighted by molar-refractivity contribution is -0.118. The first-order valence-electron chi connectivity index (χ1n) is 9.26. The van der Waals surface area contributed by atoms with Crippen LogP contribution in [0.4, 0.5) is 11.4 Å². The zero-order chi connectivity index (χ0) is 21.5. The smallest absolute Gasteiger partial charge is 0.335 e. The van der Waals surface area contributed by atoms with Crippen molar-refractivity contribution in [1.29, 1.82) is 0 Å². The minimum atomic E-state index is -1.03.